The van der Waals surface area contributed by atoms with Crippen LogP contribution in [-0.4, -0.2) is 47.5 Å². The SMILES string of the molecule is C[C@H]1C/C=C\C[C@@H](CC(=O)OC(C)(C)C)C(=O)N2CCC[C@H]2COC1=O. The molecule has 2 aliphatic heterocycles. The Labute approximate surface area is 155 Å². The predicted octanol–water partition coefficient (Wildman–Crippen LogP) is 2.85. The number of hydrogen-bond donors (Lipinski definition) is 0. The molecular weight excluding hydrogens is 334 g/mol. The van der Waals surface area contributed by atoms with Crippen LogP contribution >= 0.6 is 0 Å². The first kappa shape index (κ1) is 20.5. The number of allylic oxidation sites excluding steroid dienone is 2. The van der Waals surface area contributed by atoms with E-state index in [1.807, 2.05) is 39.8 Å². The van der Waals surface area contributed by atoms with Gasteiger partial charge < -0.3 is 14.4 Å². The molecule has 0 aliphatic carbocycles. The van der Waals surface area contributed by atoms with Crippen LogP contribution in [0, 0.1) is 11.8 Å². The van der Waals surface area contributed by atoms with E-state index >= 15 is 0 Å². The average Bonchev–Trinajstić information content (AvgIpc) is 3.00. The topological polar surface area (TPSA) is 72.9 Å². The van der Waals surface area contributed by atoms with Crippen LogP contribution in [0.2, 0.25) is 0 Å². The van der Waals surface area contributed by atoms with Crippen LogP contribution in [-0.2, 0) is 23.9 Å². The van der Waals surface area contributed by atoms with Crippen LogP contribution in [0.4, 0.5) is 0 Å². The summed E-state index contributed by atoms with van der Waals surface area (Å²) in [7, 11) is 0. The van der Waals surface area contributed by atoms with Crippen molar-refractivity contribution in [1.29, 1.82) is 0 Å². The quantitative estimate of drug-likeness (QED) is 0.556. The minimum Gasteiger partial charge on any atom is -0.463 e. The van der Waals surface area contributed by atoms with Gasteiger partial charge in [0, 0.05) is 6.54 Å². The number of fused-ring (bicyclic) bond motifs is 1. The Morgan fingerprint density at radius 3 is 2.65 bits per heavy atom. The van der Waals surface area contributed by atoms with Gasteiger partial charge in [-0.3, -0.25) is 14.4 Å². The van der Waals surface area contributed by atoms with Gasteiger partial charge in [0.15, 0.2) is 0 Å². The standard InChI is InChI=1S/C20H31NO5/c1-14-8-5-6-9-15(12-17(22)26-20(2,3)4)18(23)21-11-7-10-16(21)13-25-19(14)24/h5-6,14-16H,7-13H2,1-4H3/b6-5-/t14-,15-,16-/m0/s1. The van der Waals surface area contributed by atoms with Crippen LogP contribution in [0.5, 0.6) is 0 Å². The maximum atomic E-state index is 13.0. The highest BCUT2D eigenvalue weighted by molar-refractivity contribution is 5.84. The number of carbonyl (C=O) groups excluding carboxylic acids is 3. The number of hydrogen-bond acceptors (Lipinski definition) is 5. The second-order valence-electron chi connectivity index (χ2n) is 8.29. The fraction of sp³-hybridized carbons (Fsp3) is 0.750. The lowest BCUT2D eigenvalue weighted by Crippen LogP contribution is -2.43. The number of esters is 2. The Kier molecular flexibility index (Phi) is 6.84. The molecule has 1 amide bonds. The highest BCUT2D eigenvalue weighted by Crippen LogP contribution is 2.25. The smallest absolute Gasteiger partial charge is 0.309 e. The summed E-state index contributed by atoms with van der Waals surface area (Å²) in [6.07, 6.45) is 6.61. The molecule has 0 bridgehead atoms. The molecule has 3 atom stereocenters. The van der Waals surface area contributed by atoms with Gasteiger partial charge in [0.1, 0.15) is 12.2 Å². The molecule has 1 saturated heterocycles. The molecule has 6 heteroatoms. The molecule has 0 aromatic carbocycles. The van der Waals surface area contributed by atoms with Gasteiger partial charge in [0.05, 0.1) is 24.3 Å². The number of cyclic esters (lactones) is 1. The minimum absolute atomic E-state index is 0.0484. The van der Waals surface area contributed by atoms with Crippen molar-refractivity contribution in [2.75, 3.05) is 13.2 Å². The lowest BCUT2D eigenvalue weighted by Gasteiger charge is -2.29. The third-order valence-corrected chi connectivity index (χ3v) is 4.74. The van der Waals surface area contributed by atoms with Gasteiger partial charge in [-0.05, 0) is 46.5 Å². The zero-order valence-electron chi connectivity index (χ0n) is 16.3. The summed E-state index contributed by atoms with van der Waals surface area (Å²) in [6.45, 7) is 8.18. The van der Waals surface area contributed by atoms with Crippen molar-refractivity contribution in [1.82, 2.24) is 4.90 Å². The van der Waals surface area contributed by atoms with Crippen molar-refractivity contribution in [2.45, 2.75) is 71.4 Å². The lowest BCUT2D eigenvalue weighted by molar-refractivity contribution is -0.159. The Hall–Kier alpha value is -1.85. The zero-order valence-corrected chi connectivity index (χ0v) is 16.3. The van der Waals surface area contributed by atoms with Gasteiger partial charge >= 0.3 is 11.9 Å². The first-order chi connectivity index (χ1) is 12.2. The van der Waals surface area contributed by atoms with Gasteiger partial charge in [-0.1, -0.05) is 19.1 Å². The van der Waals surface area contributed by atoms with Crippen molar-refractivity contribution in [3.63, 3.8) is 0 Å². The summed E-state index contributed by atoms with van der Waals surface area (Å²) < 4.78 is 10.8. The van der Waals surface area contributed by atoms with E-state index in [-0.39, 0.29) is 42.8 Å². The second-order valence-corrected chi connectivity index (χ2v) is 8.29. The molecule has 0 spiro atoms. The van der Waals surface area contributed by atoms with Crippen molar-refractivity contribution in [3.05, 3.63) is 12.2 Å². The van der Waals surface area contributed by atoms with Gasteiger partial charge in [0.25, 0.3) is 0 Å². The van der Waals surface area contributed by atoms with Crippen molar-refractivity contribution >= 4 is 17.8 Å². The number of amides is 1. The summed E-state index contributed by atoms with van der Waals surface area (Å²) in [5.74, 6) is -1.27. The third-order valence-electron chi connectivity index (χ3n) is 4.74. The van der Waals surface area contributed by atoms with Gasteiger partial charge in [-0.15, -0.1) is 0 Å². The largest absolute Gasteiger partial charge is 0.463 e. The van der Waals surface area contributed by atoms with Gasteiger partial charge in [0.2, 0.25) is 5.91 Å². The fourth-order valence-electron chi connectivity index (χ4n) is 3.37. The molecule has 0 radical (unpaired) electrons. The second kappa shape index (κ2) is 8.69. The summed E-state index contributed by atoms with van der Waals surface area (Å²) in [5, 5.41) is 0. The van der Waals surface area contributed by atoms with E-state index in [0.29, 0.717) is 19.4 Å². The van der Waals surface area contributed by atoms with E-state index in [2.05, 4.69) is 0 Å². The molecule has 146 valence electrons. The number of nitrogens with zero attached hydrogens (tertiary/aromatic N) is 1. The molecule has 6 nitrogen and oxygen atoms in total. The molecule has 0 N–H and O–H groups in total. The Balaban J connectivity index is 2.15. The van der Waals surface area contributed by atoms with Gasteiger partial charge in [-0.25, -0.2) is 0 Å². The van der Waals surface area contributed by atoms with Crippen LogP contribution in [0.1, 0.15) is 59.8 Å². The van der Waals surface area contributed by atoms with E-state index in [9.17, 15) is 14.4 Å². The summed E-state index contributed by atoms with van der Waals surface area (Å²) in [5.41, 5.74) is -0.568. The summed E-state index contributed by atoms with van der Waals surface area (Å²) >= 11 is 0. The van der Waals surface area contributed by atoms with E-state index in [0.717, 1.165) is 12.8 Å². The zero-order chi connectivity index (χ0) is 19.3. The molecule has 0 saturated carbocycles. The first-order valence-corrected chi connectivity index (χ1v) is 9.51. The first-order valence-electron chi connectivity index (χ1n) is 9.51. The Morgan fingerprint density at radius 2 is 1.96 bits per heavy atom. The highest BCUT2D eigenvalue weighted by Gasteiger charge is 2.35. The predicted molar refractivity (Wildman–Crippen MR) is 97.2 cm³/mol. The fourth-order valence-corrected chi connectivity index (χ4v) is 3.37. The van der Waals surface area contributed by atoms with E-state index in [4.69, 9.17) is 9.47 Å². The minimum atomic E-state index is -0.568. The molecule has 0 aromatic rings. The molecule has 1 fully saturated rings. The Bertz CT molecular complexity index is 563. The maximum absolute atomic E-state index is 13.0. The molecule has 2 rings (SSSR count). The van der Waals surface area contributed by atoms with Gasteiger partial charge in [-0.2, -0.15) is 0 Å². The van der Waals surface area contributed by atoms with Crippen LogP contribution in [0.15, 0.2) is 12.2 Å². The van der Waals surface area contributed by atoms with E-state index < -0.39 is 11.5 Å². The molecule has 2 heterocycles. The van der Waals surface area contributed by atoms with E-state index in [1.165, 1.54) is 0 Å². The van der Waals surface area contributed by atoms with Crippen molar-refractivity contribution in [3.8, 4) is 0 Å². The highest BCUT2D eigenvalue weighted by atomic mass is 16.6. The average molecular weight is 365 g/mol. The van der Waals surface area contributed by atoms with E-state index in [1.54, 1.807) is 4.90 Å². The maximum Gasteiger partial charge on any atom is 0.309 e. The molecule has 26 heavy (non-hydrogen) atoms. The number of ether oxygens (including phenoxy) is 2. The van der Waals surface area contributed by atoms with Crippen molar-refractivity contribution < 1.29 is 23.9 Å². The molecule has 0 aromatic heterocycles. The van der Waals surface area contributed by atoms with Crippen molar-refractivity contribution in [2.24, 2.45) is 11.8 Å². The van der Waals surface area contributed by atoms with Crippen LogP contribution in [0.25, 0.3) is 0 Å². The summed E-state index contributed by atoms with van der Waals surface area (Å²) in [6, 6.07) is -0.0943. The van der Waals surface area contributed by atoms with Crippen LogP contribution in [0.3, 0.4) is 0 Å². The molecule has 2 aliphatic rings. The third kappa shape index (κ3) is 5.85. The normalized spacial score (nSPS) is 29.2. The lowest BCUT2D eigenvalue weighted by atomic mass is 9.97. The number of rotatable bonds is 2. The molecule has 0 unspecified atom stereocenters. The summed E-state index contributed by atoms with van der Waals surface area (Å²) in [4.78, 5) is 39.1. The monoisotopic (exact) mass is 365 g/mol. The Morgan fingerprint density at radius 1 is 1.27 bits per heavy atom. The molecular formula is C20H31NO5. The number of carbonyl (C=O) groups is 3. The van der Waals surface area contributed by atoms with Crippen LogP contribution < -0.4 is 0 Å².